The minimum Gasteiger partial charge on any atom is -0.493 e. The van der Waals surface area contributed by atoms with E-state index in [2.05, 4.69) is 45.9 Å². The van der Waals surface area contributed by atoms with Crippen LogP contribution >= 0.6 is 0 Å². The normalized spacial score (nSPS) is 11.1. The monoisotopic (exact) mass is 245 g/mol. The zero-order valence-corrected chi connectivity index (χ0v) is 11.9. The van der Waals surface area contributed by atoms with Crippen molar-refractivity contribution in [2.45, 2.75) is 52.4 Å². The number of rotatable bonds is 5. The maximum Gasteiger partial charge on any atom is 0.123 e. The van der Waals surface area contributed by atoms with Crippen molar-refractivity contribution >= 4 is 0 Å². The lowest BCUT2D eigenvalue weighted by molar-refractivity contribution is 0.306. The fraction of sp³-hybridized carbons (Fsp3) is 0.562. The molecule has 0 saturated heterocycles. The summed E-state index contributed by atoms with van der Waals surface area (Å²) in [4.78, 5) is 0. The molecule has 0 aliphatic heterocycles. The van der Waals surface area contributed by atoms with Crippen LogP contribution in [-0.4, -0.2) is 6.61 Å². The van der Waals surface area contributed by atoms with Crippen molar-refractivity contribution in [3.63, 3.8) is 0 Å². The largest absolute Gasteiger partial charge is 0.493 e. The summed E-state index contributed by atoms with van der Waals surface area (Å²) in [5, 5.41) is 8.90. The fourth-order valence-corrected chi connectivity index (χ4v) is 1.74. The topological polar surface area (TPSA) is 33.0 Å². The molecule has 0 spiro atoms. The maximum absolute atomic E-state index is 8.90. The third-order valence-corrected chi connectivity index (χ3v) is 2.95. The third-order valence-electron chi connectivity index (χ3n) is 2.95. The van der Waals surface area contributed by atoms with Crippen LogP contribution in [0.1, 0.15) is 51.7 Å². The second kappa shape index (κ2) is 6.44. The Morgan fingerprint density at radius 1 is 1.28 bits per heavy atom. The average molecular weight is 245 g/mol. The van der Waals surface area contributed by atoms with Crippen LogP contribution in [-0.2, 0) is 11.8 Å². The Morgan fingerprint density at radius 2 is 2.00 bits per heavy atom. The van der Waals surface area contributed by atoms with E-state index in [9.17, 15) is 0 Å². The number of ether oxygens (including phenoxy) is 1. The first-order valence-electron chi connectivity index (χ1n) is 6.62. The Bertz CT molecular complexity index is 424. The molecule has 0 aliphatic rings. The highest BCUT2D eigenvalue weighted by Gasteiger charge is 2.15. The molecule has 1 aromatic rings. The minimum absolute atomic E-state index is 0.103. The summed E-state index contributed by atoms with van der Waals surface area (Å²) in [6.45, 7) is 9.40. The van der Waals surface area contributed by atoms with Crippen molar-refractivity contribution in [3.8, 4) is 11.8 Å². The van der Waals surface area contributed by atoms with Gasteiger partial charge in [0.25, 0.3) is 0 Å². The second-order valence-electron chi connectivity index (χ2n) is 5.61. The molecule has 0 aromatic heterocycles. The molecular weight excluding hydrogens is 222 g/mol. The van der Waals surface area contributed by atoms with E-state index in [1.54, 1.807) is 0 Å². The van der Waals surface area contributed by atoms with E-state index in [0.717, 1.165) is 30.8 Å². The molecular formula is C16H23NO. The first-order valence-corrected chi connectivity index (χ1v) is 6.62. The van der Waals surface area contributed by atoms with Crippen LogP contribution in [0, 0.1) is 11.3 Å². The summed E-state index contributed by atoms with van der Waals surface area (Å²) < 4.78 is 5.75. The molecule has 2 heteroatoms. The van der Waals surface area contributed by atoms with Gasteiger partial charge in [-0.2, -0.15) is 5.26 Å². The van der Waals surface area contributed by atoms with E-state index >= 15 is 0 Å². The molecule has 0 radical (unpaired) electrons. The Kier molecular flexibility index (Phi) is 5.22. The fourth-order valence-electron chi connectivity index (χ4n) is 1.74. The highest BCUT2D eigenvalue weighted by atomic mass is 16.5. The molecule has 1 aromatic carbocycles. The van der Waals surface area contributed by atoms with Crippen LogP contribution in [0.25, 0.3) is 0 Å². The molecule has 0 unspecified atom stereocenters. The number of benzene rings is 1. The zero-order valence-electron chi connectivity index (χ0n) is 11.9. The van der Waals surface area contributed by atoms with E-state index in [0.29, 0.717) is 6.42 Å². The first-order chi connectivity index (χ1) is 8.49. The van der Waals surface area contributed by atoms with E-state index in [4.69, 9.17) is 10.00 Å². The van der Waals surface area contributed by atoms with Crippen molar-refractivity contribution in [1.29, 1.82) is 5.26 Å². The number of hydrogen-bond acceptors (Lipinski definition) is 2. The Hall–Kier alpha value is -1.49. The standard InChI is InChI=1S/C16H23NO/c1-5-6-11-18-15-8-7-14(16(2,3)4)12-13(15)9-10-17/h7-8,12H,5-6,9,11H2,1-4H3. The van der Waals surface area contributed by atoms with Gasteiger partial charge in [-0.3, -0.25) is 0 Å². The molecule has 0 fully saturated rings. The predicted molar refractivity (Wildman–Crippen MR) is 74.9 cm³/mol. The summed E-state index contributed by atoms with van der Waals surface area (Å²) in [5.74, 6) is 0.859. The van der Waals surface area contributed by atoms with Gasteiger partial charge in [0.2, 0.25) is 0 Å². The van der Waals surface area contributed by atoms with Crippen molar-refractivity contribution in [2.24, 2.45) is 0 Å². The summed E-state index contributed by atoms with van der Waals surface area (Å²) in [6, 6.07) is 8.42. The number of nitrogens with zero attached hydrogens (tertiary/aromatic N) is 1. The van der Waals surface area contributed by atoms with E-state index in [1.165, 1.54) is 5.56 Å². The quantitative estimate of drug-likeness (QED) is 0.727. The lowest BCUT2D eigenvalue weighted by Gasteiger charge is -2.21. The summed E-state index contributed by atoms with van der Waals surface area (Å²) in [7, 11) is 0. The van der Waals surface area contributed by atoms with Gasteiger partial charge in [-0.1, -0.05) is 46.2 Å². The van der Waals surface area contributed by atoms with E-state index in [-0.39, 0.29) is 5.41 Å². The van der Waals surface area contributed by atoms with E-state index < -0.39 is 0 Å². The predicted octanol–water partition coefficient (Wildman–Crippen LogP) is 4.23. The van der Waals surface area contributed by atoms with Gasteiger partial charge in [0, 0.05) is 5.56 Å². The molecule has 0 N–H and O–H groups in total. The second-order valence-corrected chi connectivity index (χ2v) is 5.61. The SMILES string of the molecule is CCCCOc1ccc(C(C)(C)C)cc1CC#N. The zero-order chi connectivity index (χ0) is 13.6. The van der Waals surface area contributed by atoms with Crippen LogP contribution in [0.15, 0.2) is 18.2 Å². The number of hydrogen-bond donors (Lipinski definition) is 0. The summed E-state index contributed by atoms with van der Waals surface area (Å²) in [5.41, 5.74) is 2.35. The maximum atomic E-state index is 8.90. The van der Waals surface area contributed by atoms with Gasteiger partial charge >= 0.3 is 0 Å². The summed E-state index contributed by atoms with van der Waals surface area (Å²) in [6.07, 6.45) is 2.58. The molecule has 1 rings (SSSR count). The average Bonchev–Trinajstić information content (AvgIpc) is 2.30. The van der Waals surface area contributed by atoms with Gasteiger partial charge in [-0.25, -0.2) is 0 Å². The molecule has 0 amide bonds. The molecule has 0 saturated carbocycles. The van der Waals surface area contributed by atoms with Crippen molar-refractivity contribution in [3.05, 3.63) is 29.3 Å². The van der Waals surface area contributed by atoms with Gasteiger partial charge in [-0.15, -0.1) is 0 Å². The van der Waals surface area contributed by atoms with Gasteiger partial charge in [0.05, 0.1) is 19.1 Å². The smallest absolute Gasteiger partial charge is 0.123 e. The Labute approximate surface area is 111 Å². The highest BCUT2D eigenvalue weighted by Crippen LogP contribution is 2.28. The van der Waals surface area contributed by atoms with E-state index in [1.807, 2.05) is 6.07 Å². The molecule has 0 aliphatic carbocycles. The molecule has 2 nitrogen and oxygen atoms in total. The summed E-state index contributed by atoms with van der Waals surface area (Å²) >= 11 is 0. The van der Waals surface area contributed by atoms with Crippen LogP contribution in [0.2, 0.25) is 0 Å². The Morgan fingerprint density at radius 3 is 2.56 bits per heavy atom. The van der Waals surface area contributed by atoms with Crippen molar-refractivity contribution in [2.75, 3.05) is 6.61 Å². The van der Waals surface area contributed by atoms with Gasteiger partial charge in [-0.05, 0) is 23.5 Å². The highest BCUT2D eigenvalue weighted by molar-refractivity contribution is 5.41. The lowest BCUT2D eigenvalue weighted by Crippen LogP contribution is -2.12. The Balaban J connectivity index is 2.94. The third kappa shape index (κ3) is 4.07. The van der Waals surface area contributed by atoms with Crippen molar-refractivity contribution in [1.82, 2.24) is 0 Å². The van der Waals surface area contributed by atoms with Gasteiger partial charge in [0.15, 0.2) is 0 Å². The number of nitriles is 1. The van der Waals surface area contributed by atoms with Crippen LogP contribution in [0.5, 0.6) is 5.75 Å². The molecule has 18 heavy (non-hydrogen) atoms. The minimum atomic E-state index is 0.103. The number of unbranched alkanes of at least 4 members (excludes halogenated alkanes) is 1. The molecule has 0 bridgehead atoms. The molecule has 0 heterocycles. The molecule has 0 atom stereocenters. The van der Waals surface area contributed by atoms with Gasteiger partial charge in [0.1, 0.15) is 5.75 Å². The van der Waals surface area contributed by atoms with Crippen LogP contribution in [0.3, 0.4) is 0 Å². The molecule has 98 valence electrons. The van der Waals surface area contributed by atoms with Crippen LogP contribution < -0.4 is 4.74 Å². The van der Waals surface area contributed by atoms with Gasteiger partial charge < -0.3 is 4.74 Å². The van der Waals surface area contributed by atoms with Crippen LogP contribution in [0.4, 0.5) is 0 Å². The van der Waals surface area contributed by atoms with Crippen molar-refractivity contribution < 1.29 is 4.74 Å². The first kappa shape index (κ1) is 14.6. The lowest BCUT2D eigenvalue weighted by atomic mass is 9.86.